The van der Waals surface area contributed by atoms with Gasteiger partial charge >= 0.3 is 0 Å². The summed E-state index contributed by atoms with van der Waals surface area (Å²) in [4.78, 5) is 23.7. The van der Waals surface area contributed by atoms with Crippen LogP contribution in [0.15, 0.2) is 79.4 Å². The number of hydrogen-bond acceptors (Lipinski definition) is 4. The van der Waals surface area contributed by atoms with Gasteiger partial charge in [-0.25, -0.2) is 14.4 Å². The summed E-state index contributed by atoms with van der Waals surface area (Å²) < 4.78 is 14.1. The zero-order valence-electron chi connectivity index (χ0n) is 16.2. The Labute approximate surface area is 175 Å². The zero-order chi connectivity index (χ0) is 20.8. The summed E-state index contributed by atoms with van der Waals surface area (Å²) in [5.74, 6) is 0.886. The highest BCUT2D eigenvalue weighted by atomic mass is 19.1. The van der Waals surface area contributed by atoms with Gasteiger partial charge in [0.25, 0.3) is 0 Å². The molecular weight excluding hydrogens is 391 g/mol. The molecule has 0 saturated heterocycles. The number of benzene rings is 2. The summed E-state index contributed by atoms with van der Waals surface area (Å²) in [5.41, 5.74) is 6.92. The lowest BCUT2D eigenvalue weighted by Crippen LogP contribution is -1.86. The molecule has 148 valence electrons. The minimum Gasteiger partial charge on any atom is -0.338 e. The lowest BCUT2D eigenvalue weighted by atomic mass is 10.0. The van der Waals surface area contributed by atoms with E-state index in [0.717, 1.165) is 44.6 Å². The molecular formula is C24H15FN6. The van der Waals surface area contributed by atoms with Gasteiger partial charge in [-0.05, 0) is 53.6 Å². The number of fused-ring (bicyclic) bond motifs is 2. The normalized spacial score (nSPS) is 11.4. The number of H-pyrrole nitrogens is 2. The molecule has 0 fully saturated rings. The average Bonchev–Trinajstić information content (AvgIpc) is 3.43. The number of imidazole rings is 2. The number of nitrogens with zero attached hydrogens (tertiary/aromatic N) is 4. The highest BCUT2D eigenvalue weighted by molar-refractivity contribution is 5.88. The Balaban J connectivity index is 1.40. The smallest absolute Gasteiger partial charge is 0.152 e. The summed E-state index contributed by atoms with van der Waals surface area (Å²) in [6, 6.07) is 17.5. The molecule has 0 amide bonds. The molecule has 0 unspecified atom stereocenters. The average molecular weight is 406 g/mol. The third-order valence-electron chi connectivity index (χ3n) is 5.28. The second-order valence-corrected chi connectivity index (χ2v) is 7.23. The summed E-state index contributed by atoms with van der Waals surface area (Å²) in [5, 5.41) is 0. The number of nitrogens with one attached hydrogen (secondary N) is 2. The second-order valence-electron chi connectivity index (χ2n) is 7.23. The van der Waals surface area contributed by atoms with Crippen LogP contribution in [0.3, 0.4) is 0 Å². The molecule has 0 aliphatic carbocycles. The monoisotopic (exact) mass is 406 g/mol. The number of pyridine rings is 2. The highest BCUT2D eigenvalue weighted by Gasteiger charge is 2.12. The van der Waals surface area contributed by atoms with Crippen LogP contribution in [-0.2, 0) is 0 Å². The second kappa shape index (κ2) is 6.84. The van der Waals surface area contributed by atoms with Crippen molar-refractivity contribution in [2.75, 3.05) is 0 Å². The van der Waals surface area contributed by atoms with E-state index < -0.39 is 5.82 Å². The molecule has 6 rings (SSSR count). The summed E-state index contributed by atoms with van der Waals surface area (Å²) in [7, 11) is 0. The van der Waals surface area contributed by atoms with Crippen molar-refractivity contribution < 1.29 is 4.39 Å². The van der Waals surface area contributed by atoms with Crippen molar-refractivity contribution in [2.45, 2.75) is 0 Å². The lowest BCUT2D eigenvalue weighted by Gasteiger charge is -2.01. The van der Waals surface area contributed by atoms with Crippen molar-refractivity contribution >= 4 is 22.1 Å². The number of hydrogen-bond donors (Lipinski definition) is 2. The van der Waals surface area contributed by atoms with Gasteiger partial charge < -0.3 is 9.97 Å². The molecule has 0 aliphatic heterocycles. The lowest BCUT2D eigenvalue weighted by molar-refractivity contribution is 0.624. The van der Waals surface area contributed by atoms with Gasteiger partial charge in [-0.15, -0.1) is 0 Å². The Morgan fingerprint density at radius 3 is 1.90 bits per heavy atom. The predicted octanol–water partition coefficient (Wildman–Crippen LogP) is 5.37. The first kappa shape index (κ1) is 17.5. The Kier molecular flexibility index (Phi) is 3.86. The maximum absolute atomic E-state index is 14.1. The predicted molar refractivity (Wildman–Crippen MR) is 118 cm³/mol. The van der Waals surface area contributed by atoms with E-state index in [4.69, 9.17) is 0 Å². The minimum absolute atomic E-state index is 0.398. The van der Waals surface area contributed by atoms with E-state index >= 15 is 0 Å². The van der Waals surface area contributed by atoms with Crippen molar-refractivity contribution in [2.24, 2.45) is 0 Å². The van der Waals surface area contributed by atoms with Crippen LogP contribution in [0.2, 0.25) is 0 Å². The van der Waals surface area contributed by atoms with E-state index in [9.17, 15) is 4.39 Å². The highest BCUT2D eigenvalue weighted by Crippen LogP contribution is 2.29. The molecule has 0 saturated carbocycles. The van der Waals surface area contributed by atoms with Crippen LogP contribution in [0.5, 0.6) is 0 Å². The van der Waals surface area contributed by atoms with Gasteiger partial charge in [-0.2, -0.15) is 0 Å². The largest absolute Gasteiger partial charge is 0.338 e. The maximum Gasteiger partial charge on any atom is 0.152 e. The topological polar surface area (TPSA) is 83.1 Å². The van der Waals surface area contributed by atoms with E-state index in [0.29, 0.717) is 11.4 Å². The van der Waals surface area contributed by atoms with Gasteiger partial charge in [0.15, 0.2) is 5.82 Å². The Hall–Kier alpha value is -4.39. The Morgan fingerprint density at radius 2 is 1.23 bits per heavy atom. The van der Waals surface area contributed by atoms with E-state index in [1.54, 1.807) is 24.7 Å². The molecule has 2 N–H and O–H groups in total. The summed E-state index contributed by atoms with van der Waals surface area (Å²) >= 11 is 0. The van der Waals surface area contributed by atoms with Crippen molar-refractivity contribution in [1.29, 1.82) is 0 Å². The first-order chi connectivity index (χ1) is 15.2. The van der Waals surface area contributed by atoms with Crippen LogP contribution >= 0.6 is 0 Å². The van der Waals surface area contributed by atoms with Crippen molar-refractivity contribution in [1.82, 2.24) is 29.9 Å². The van der Waals surface area contributed by atoms with Crippen LogP contribution in [0, 0.1) is 5.82 Å². The fourth-order valence-electron chi connectivity index (χ4n) is 3.72. The number of aromatic nitrogens is 6. The van der Waals surface area contributed by atoms with Crippen LogP contribution in [0.25, 0.3) is 56.0 Å². The van der Waals surface area contributed by atoms with Crippen molar-refractivity contribution in [3.8, 4) is 33.9 Å². The van der Waals surface area contributed by atoms with Crippen LogP contribution in [0.1, 0.15) is 0 Å². The third-order valence-corrected chi connectivity index (χ3v) is 5.28. The summed E-state index contributed by atoms with van der Waals surface area (Å²) in [6.07, 6.45) is 6.24. The molecule has 4 heterocycles. The molecule has 6 aromatic rings. The number of aromatic amines is 2. The van der Waals surface area contributed by atoms with Gasteiger partial charge in [0.2, 0.25) is 0 Å². The fraction of sp³-hybridized carbons (Fsp3) is 0. The van der Waals surface area contributed by atoms with Gasteiger partial charge in [-0.3, -0.25) is 9.97 Å². The van der Waals surface area contributed by atoms with Gasteiger partial charge in [-0.1, -0.05) is 12.1 Å². The maximum atomic E-state index is 14.1. The van der Waals surface area contributed by atoms with Gasteiger partial charge in [0.05, 0.1) is 33.8 Å². The molecule has 0 radical (unpaired) electrons. The van der Waals surface area contributed by atoms with Crippen molar-refractivity contribution in [3.63, 3.8) is 0 Å². The van der Waals surface area contributed by atoms with Gasteiger partial charge in [0, 0.05) is 24.2 Å². The SMILES string of the molecule is Fc1cnccc1-c1nc2ccc(-c3ccc4nc(-c5ccncc5)[nH]c4c3)cc2[nH]1. The Bertz CT molecular complexity index is 1550. The first-order valence-corrected chi connectivity index (χ1v) is 9.75. The van der Waals surface area contributed by atoms with E-state index in [1.165, 1.54) is 6.20 Å². The number of halogens is 1. The minimum atomic E-state index is -0.406. The van der Waals surface area contributed by atoms with E-state index in [-0.39, 0.29) is 0 Å². The molecule has 6 nitrogen and oxygen atoms in total. The summed E-state index contributed by atoms with van der Waals surface area (Å²) in [6.45, 7) is 0. The number of rotatable bonds is 3. The molecule has 0 spiro atoms. The quantitative estimate of drug-likeness (QED) is 0.414. The molecule has 2 aromatic carbocycles. The fourth-order valence-corrected chi connectivity index (χ4v) is 3.72. The molecule has 0 aliphatic rings. The molecule has 0 bridgehead atoms. The molecule has 7 heteroatoms. The molecule has 4 aromatic heterocycles. The zero-order valence-corrected chi connectivity index (χ0v) is 16.2. The van der Waals surface area contributed by atoms with Crippen LogP contribution in [-0.4, -0.2) is 29.9 Å². The van der Waals surface area contributed by atoms with E-state index in [1.807, 2.05) is 42.5 Å². The van der Waals surface area contributed by atoms with Crippen molar-refractivity contribution in [3.05, 3.63) is 85.2 Å². The standard InChI is InChI=1S/C24H15FN6/c25-18-13-27-10-7-17(18)24-29-20-4-2-16(12-22(20)31-24)15-1-3-19-21(11-15)30-23(28-19)14-5-8-26-9-6-14/h1-13H,(H,28,30)(H,29,31). The third kappa shape index (κ3) is 3.03. The van der Waals surface area contributed by atoms with E-state index in [2.05, 4.69) is 36.0 Å². The Morgan fingerprint density at radius 1 is 0.613 bits per heavy atom. The van der Waals surface area contributed by atoms with Gasteiger partial charge in [0.1, 0.15) is 11.6 Å². The molecule has 0 atom stereocenters. The van der Waals surface area contributed by atoms with Crippen LogP contribution in [0.4, 0.5) is 4.39 Å². The molecule has 31 heavy (non-hydrogen) atoms. The first-order valence-electron chi connectivity index (χ1n) is 9.75. The van der Waals surface area contributed by atoms with Crippen LogP contribution < -0.4 is 0 Å².